The van der Waals surface area contributed by atoms with E-state index in [0.29, 0.717) is 6.54 Å². The van der Waals surface area contributed by atoms with Crippen LogP contribution in [0.2, 0.25) is 0 Å². The van der Waals surface area contributed by atoms with Crippen molar-refractivity contribution >= 4 is 6.21 Å². The molecule has 1 aliphatic rings. The van der Waals surface area contributed by atoms with E-state index >= 15 is 0 Å². The van der Waals surface area contributed by atoms with Crippen molar-refractivity contribution in [2.75, 3.05) is 13.2 Å². The van der Waals surface area contributed by atoms with Gasteiger partial charge in [0.2, 0.25) is 0 Å². The van der Waals surface area contributed by atoms with Crippen molar-refractivity contribution in [2.45, 2.75) is 53.9 Å². The molecule has 0 heterocycles. The first-order chi connectivity index (χ1) is 9.38. The topological polar surface area (TPSA) is 32.6 Å². The molecule has 2 heteroatoms. The minimum atomic E-state index is 0.110. The number of nitrogens with zero attached hydrogens (tertiary/aromatic N) is 1. The Balaban J connectivity index is 2.92. The van der Waals surface area contributed by atoms with Crippen LogP contribution in [0.3, 0.4) is 0 Å². The molecule has 1 aliphatic carbocycles. The summed E-state index contributed by atoms with van der Waals surface area (Å²) in [7, 11) is 0. The maximum absolute atomic E-state index is 8.69. The third-order valence-electron chi connectivity index (χ3n) is 4.18. The highest BCUT2D eigenvalue weighted by Crippen LogP contribution is 2.41. The van der Waals surface area contributed by atoms with E-state index in [0.717, 1.165) is 0 Å². The predicted molar refractivity (Wildman–Crippen MR) is 88.3 cm³/mol. The molecule has 0 unspecified atom stereocenters. The van der Waals surface area contributed by atoms with Gasteiger partial charge in [-0.2, -0.15) is 0 Å². The summed E-state index contributed by atoms with van der Waals surface area (Å²) in [6.45, 7) is 11.8. The van der Waals surface area contributed by atoms with Crippen LogP contribution >= 0.6 is 0 Å². The molecule has 0 aliphatic heterocycles. The van der Waals surface area contributed by atoms with E-state index in [1.165, 1.54) is 41.6 Å². The highest BCUT2D eigenvalue weighted by molar-refractivity contribution is 5.73. The summed E-state index contributed by atoms with van der Waals surface area (Å²) in [5.41, 5.74) is 5.84. The lowest BCUT2D eigenvalue weighted by atomic mass is 9.72. The van der Waals surface area contributed by atoms with E-state index < -0.39 is 0 Å². The maximum Gasteiger partial charge on any atom is 0.0626 e. The normalized spacial score (nSPS) is 20.9. The van der Waals surface area contributed by atoms with Crippen LogP contribution in [0.4, 0.5) is 0 Å². The fourth-order valence-electron chi connectivity index (χ4n) is 2.72. The average molecular weight is 275 g/mol. The summed E-state index contributed by atoms with van der Waals surface area (Å²) in [6.07, 6.45) is 9.95. The van der Waals surface area contributed by atoms with Crippen molar-refractivity contribution in [3.63, 3.8) is 0 Å². The first-order valence-corrected chi connectivity index (χ1v) is 7.55. The summed E-state index contributed by atoms with van der Waals surface area (Å²) < 4.78 is 0. The molecule has 112 valence electrons. The van der Waals surface area contributed by atoms with Crippen LogP contribution in [-0.2, 0) is 0 Å². The fraction of sp³-hybridized carbons (Fsp3) is 0.611. The molecule has 0 atom stereocenters. The molecule has 2 nitrogen and oxygen atoms in total. The molecule has 0 amide bonds. The van der Waals surface area contributed by atoms with Crippen LogP contribution in [0.25, 0.3) is 0 Å². The minimum Gasteiger partial charge on any atom is -0.394 e. The lowest BCUT2D eigenvalue weighted by Gasteiger charge is -2.33. The number of hydrogen-bond donors (Lipinski definition) is 1. The van der Waals surface area contributed by atoms with Gasteiger partial charge in [-0.3, -0.25) is 4.99 Å². The Bertz CT molecular complexity index is 450. The second-order valence-electron chi connectivity index (χ2n) is 6.39. The number of hydrogen-bond acceptors (Lipinski definition) is 2. The Hall–Kier alpha value is -1.15. The number of rotatable bonds is 5. The molecule has 0 spiro atoms. The van der Waals surface area contributed by atoms with Gasteiger partial charge < -0.3 is 5.11 Å². The van der Waals surface area contributed by atoms with E-state index in [1.807, 2.05) is 6.08 Å². The number of aliphatic hydroxyl groups is 1. The van der Waals surface area contributed by atoms with Crippen LogP contribution in [0.1, 0.15) is 53.9 Å². The Kier molecular flexibility index (Phi) is 6.41. The van der Waals surface area contributed by atoms with Crippen LogP contribution in [0.5, 0.6) is 0 Å². The zero-order valence-electron chi connectivity index (χ0n) is 13.7. The van der Waals surface area contributed by atoms with E-state index in [1.54, 1.807) is 6.21 Å². The largest absolute Gasteiger partial charge is 0.394 e. The molecule has 0 bridgehead atoms. The monoisotopic (exact) mass is 275 g/mol. The van der Waals surface area contributed by atoms with Crippen molar-refractivity contribution in [2.24, 2.45) is 10.4 Å². The second-order valence-corrected chi connectivity index (χ2v) is 6.39. The summed E-state index contributed by atoms with van der Waals surface area (Å²) >= 11 is 0. The summed E-state index contributed by atoms with van der Waals surface area (Å²) in [4.78, 5) is 4.11. The van der Waals surface area contributed by atoms with Gasteiger partial charge in [-0.15, -0.1) is 0 Å². The van der Waals surface area contributed by atoms with E-state index in [-0.39, 0.29) is 12.0 Å². The van der Waals surface area contributed by atoms with E-state index in [4.69, 9.17) is 5.11 Å². The molecule has 0 aromatic heterocycles. The molecule has 0 aromatic carbocycles. The van der Waals surface area contributed by atoms with Gasteiger partial charge in [0.05, 0.1) is 13.2 Å². The molecule has 0 saturated carbocycles. The van der Waals surface area contributed by atoms with Gasteiger partial charge in [0.1, 0.15) is 0 Å². The zero-order chi connectivity index (χ0) is 15.2. The summed E-state index contributed by atoms with van der Waals surface area (Å²) in [5, 5.41) is 8.69. The van der Waals surface area contributed by atoms with E-state index in [9.17, 15) is 0 Å². The summed E-state index contributed by atoms with van der Waals surface area (Å²) in [5.74, 6) is 0. The van der Waals surface area contributed by atoms with Crippen molar-refractivity contribution in [3.05, 3.63) is 34.4 Å². The average Bonchev–Trinajstić information content (AvgIpc) is 2.38. The molecule has 0 radical (unpaired) electrons. The molecule has 20 heavy (non-hydrogen) atoms. The molecule has 1 rings (SSSR count). The maximum atomic E-state index is 8.69. The Morgan fingerprint density at radius 3 is 2.60 bits per heavy atom. The van der Waals surface area contributed by atoms with Gasteiger partial charge in [0, 0.05) is 6.21 Å². The van der Waals surface area contributed by atoms with Crippen molar-refractivity contribution in [1.82, 2.24) is 0 Å². The Morgan fingerprint density at radius 2 is 2.00 bits per heavy atom. The second kappa shape index (κ2) is 7.58. The molecular formula is C18H29NO. The van der Waals surface area contributed by atoms with Gasteiger partial charge in [-0.05, 0) is 68.2 Å². The third-order valence-corrected chi connectivity index (χ3v) is 4.18. The Labute approximate surface area is 124 Å². The standard InChI is InChI=1S/C18H29NO/c1-14(8-10-19-11-12-20)16(3)13-17-15(2)7-6-9-18(17,4)5/h8,10,13,20H,6-7,9,11-12H2,1-5H3/b14-8+,16-13+,19-10?. The van der Waals surface area contributed by atoms with Crippen LogP contribution < -0.4 is 0 Å². The van der Waals surface area contributed by atoms with Crippen molar-refractivity contribution in [1.29, 1.82) is 0 Å². The quantitative estimate of drug-likeness (QED) is 0.583. The molecule has 0 aromatic rings. The first-order valence-electron chi connectivity index (χ1n) is 7.55. The van der Waals surface area contributed by atoms with Gasteiger partial charge >= 0.3 is 0 Å². The molecule has 1 N–H and O–H groups in total. The van der Waals surface area contributed by atoms with Gasteiger partial charge in [0.25, 0.3) is 0 Å². The van der Waals surface area contributed by atoms with Crippen molar-refractivity contribution in [3.8, 4) is 0 Å². The van der Waals surface area contributed by atoms with Gasteiger partial charge in [-0.1, -0.05) is 25.5 Å². The summed E-state index contributed by atoms with van der Waals surface area (Å²) in [6, 6.07) is 0. The molecule has 0 fully saturated rings. The predicted octanol–water partition coefficient (Wildman–Crippen LogP) is 4.47. The number of allylic oxidation sites excluding steroid dienone is 6. The van der Waals surface area contributed by atoms with Gasteiger partial charge in [0.15, 0.2) is 0 Å². The van der Waals surface area contributed by atoms with Crippen LogP contribution in [0, 0.1) is 5.41 Å². The van der Waals surface area contributed by atoms with Crippen molar-refractivity contribution < 1.29 is 5.11 Å². The molecular weight excluding hydrogens is 246 g/mol. The first kappa shape index (κ1) is 16.9. The van der Waals surface area contributed by atoms with Gasteiger partial charge in [-0.25, -0.2) is 0 Å². The zero-order valence-corrected chi connectivity index (χ0v) is 13.7. The number of aliphatic imine (C=N–C) groups is 1. The Morgan fingerprint density at radius 1 is 1.30 bits per heavy atom. The third kappa shape index (κ3) is 4.75. The SMILES string of the molecule is CC1=C(/C=C(C)/C(C)=C/C=NCCO)C(C)(C)CCC1. The highest BCUT2D eigenvalue weighted by atomic mass is 16.3. The minimum absolute atomic E-state index is 0.110. The highest BCUT2D eigenvalue weighted by Gasteiger charge is 2.26. The van der Waals surface area contributed by atoms with E-state index in [2.05, 4.69) is 45.7 Å². The number of aliphatic hydroxyl groups excluding tert-OH is 1. The lowest BCUT2D eigenvalue weighted by Crippen LogP contribution is -2.19. The lowest BCUT2D eigenvalue weighted by molar-refractivity contribution is 0.307. The molecule has 0 saturated heterocycles. The van der Waals surface area contributed by atoms with Crippen LogP contribution in [-0.4, -0.2) is 24.5 Å². The fourth-order valence-corrected chi connectivity index (χ4v) is 2.72. The van der Waals surface area contributed by atoms with Crippen LogP contribution in [0.15, 0.2) is 39.4 Å². The smallest absolute Gasteiger partial charge is 0.0626 e.